The molecule has 0 atom stereocenters. The number of hydrogen-bond donors (Lipinski definition) is 1. The van der Waals surface area contributed by atoms with Crippen molar-refractivity contribution in [3.63, 3.8) is 0 Å². The molecular formula is C17H22ClN3O2. The first-order valence-electron chi connectivity index (χ1n) is 7.54. The van der Waals surface area contributed by atoms with E-state index in [1.54, 1.807) is 11.0 Å². The summed E-state index contributed by atoms with van der Waals surface area (Å²) in [5.74, 6) is 0.575. The maximum atomic E-state index is 12.8. The molecule has 2 aromatic rings. The molecule has 6 heteroatoms. The van der Waals surface area contributed by atoms with E-state index < -0.39 is 0 Å². The van der Waals surface area contributed by atoms with Gasteiger partial charge in [-0.15, -0.1) is 12.4 Å². The molecule has 1 aromatic heterocycles. The van der Waals surface area contributed by atoms with E-state index in [9.17, 15) is 4.79 Å². The summed E-state index contributed by atoms with van der Waals surface area (Å²) in [5.41, 5.74) is 8.88. The number of rotatable bonds is 1. The van der Waals surface area contributed by atoms with Gasteiger partial charge in [0.05, 0.1) is 0 Å². The minimum atomic E-state index is -0.171. The van der Waals surface area contributed by atoms with Crippen molar-refractivity contribution in [3.8, 4) is 0 Å². The first-order chi connectivity index (χ1) is 10.4. The molecule has 0 saturated carbocycles. The van der Waals surface area contributed by atoms with Crippen LogP contribution in [0.5, 0.6) is 0 Å². The van der Waals surface area contributed by atoms with Crippen LogP contribution in [0.2, 0.25) is 0 Å². The molecule has 0 aliphatic carbocycles. The van der Waals surface area contributed by atoms with E-state index >= 15 is 0 Å². The average molecular weight is 336 g/mol. The Morgan fingerprint density at radius 3 is 2.74 bits per heavy atom. The summed E-state index contributed by atoms with van der Waals surface area (Å²) in [5, 5.41) is 3.96. The number of amides is 1. The van der Waals surface area contributed by atoms with Crippen molar-refractivity contribution in [3.05, 3.63) is 41.3 Å². The number of hydrogen-bond acceptors (Lipinski definition) is 4. The molecule has 0 fully saturated rings. The molecule has 23 heavy (non-hydrogen) atoms. The van der Waals surface area contributed by atoms with Gasteiger partial charge in [0, 0.05) is 29.4 Å². The van der Waals surface area contributed by atoms with Crippen molar-refractivity contribution >= 4 is 29.7 Å². The molecule has 0 spiro atoms. The van der Waals surface area contributed by atoms with Crippen molar-refractivity contribution in [1.82, 2.24) is 5.16 Å². The second kappa shape index (κ2) is 6.24. The molecule has 5 nitrogen and oxygen atoms in total. The van der Waals surface area contributed by atoms with E-state index in [1.807, 2.05) is 39.0 Å². The van der Waals surface area contributed by atoms with Crippen LogP contribution in [0.25, 0.3) is 0 Å². The van der Waals surface area contributed by atoms with E-state index in [-0.39, 0.29) is 23.7 Å². The highest BCUT2D eigenvalue weighted by Gasteiger charge is 2.28. The highest BCUT2D eigenvalue weighted by Crippen LogP contribution is 2.32. The van der Waals surface area contributed by atoms with Gasteiger partial charge < -0.3 is 15.2 Å². The maximum absolute atomic E-state index is 12.8. The largest absolute Gasteiger partial charge is 0.398 e. The molecule has 0 radical (unpaired) electrons. The summed E-state index contributed by atoms with van der Waals surface area (Å²) in [4.78, 5) is 14.5. The quantitative estimate of drug-likeness (QED) is 0.809. The van der Waals surface area contributed by atoms with E-state index in [0.717, 1.165) is 29.8 Å². The Kier molecular flexibility index (Phi) is 4.71. The van der Waals surface area contributed by atoms with E-state index in [2.05, 4.69) is 5.16 Å². The summed E-state index contributed by atoms with van der Waals surface area (Å²) < 4.78 is 5.33. The predicted molar refractivity (Wildman–Crippen MR) is 93.3 cm³/mol. The summed E-state index contributed by atoms with van der Waals surface area (Å²) in [6, 6.07) is 7.43. The average Bonchev–Trinajstić information content (AvgIpc) is 2.96. The smallest absolute Gasteiger partial charge is 0.280 e. The first kappa shape index (κ1) is 17.3. The van der Waals surface area contributed by atoms with Gasteiger partial charge in [0.25, 0.3) is 5.91 Å². The molecule has 0 unspecified atom stereocenters. The lowest BCUT2D eigenvalue weighted by molar-refractivity contribution is 0.0976. The fourth-order valence-corrected chi connectivity index (χ4v) is 2.73. The van der Waals surface area contributed by atoms with Crippen LogP contribution in [0.1, 0.15) is 49.0 Å². The molecule has 1 aliphatic rings. The molecule has 1 aliphatic heterocycles. The van der Waals surface area contributed by atoms with Crippen LogP contribution in [0.3, 0.4) is 0 Å². The third kappa shape index (κ3) is 3.20. The number of anilines is 2. The van der Waals surface area contributed by atoms with Crippen molar-refractivity contribution in [1.29, 1.82) is 0 Å². The van der Waals surface area contributed by atoms with Gasteiger partial charge in [0.15, 0.2) is 5.69 Å². The minimum Gasteiger partial charge on any atom is -0.398 e. The number of nitrogens with zero attached hydrogens (tertiary/aromatic N) is 2. The monoisotopic (exact) mass is 335 g/mol. The van der Waals surface area contributed by atoms with E-state index in [1.165, 1.54) is 0 Å². The van der Waals surface area contributed by atoms with E-state index in [4.69, 9.17) is 10.3 Å². The standard InChI is InChI=1S/C17H21N3O2.ClH/c1-17(2,3)15-10-13(19-22-15)16(21)20-9-5-6-11-12(18)7-4-8-14(11)20;/h4,7-8,10H,5-6,9,18H2,1-3H3;1H. The second-order valence-corrected chi connectivity index (χ2v) is 6.73. The third-order valence-corrected chi connectivity index (χ3v) is 4.00. The van der Waals surface area contributed by atoms with E-state index in [0.29, 0.717) is 18.0 Å². The number of aromatic nitrogens is 1. The molecule has 3 rings (SSSR count). The molecular weight excluding hydrogens is 314 g/mol. The number of carbonyl (C=O) groups is 1. The fourth-order valence-electron chi connectivity index (χ4n) is 2.73. The Bertz CT molecular complexity index is 719. The van der Waals surface area contributed by atoms with Crippen LogP contribution in [0, 0.1) is 0 Å². The van der Waals surface area contributed by atoms with Gasteiger partial charge in [-0.05, 0) is 30.5 Å². The fraction of sp³-hybridized carbons (Fsp3) is 0.412. The van der Waals surface area contributed by atoms with Crippen LogP contribution in [0.4, 0.5) is 11.4 Å². The number of nitrogens with two attached hydrogens (primary N) is 1. The topological polar surface area (TPSA) is 72.4 Å². The van der Waals surface area contributed by atoms with Gasteiger partial charge in [-0.2, -0.15) is 0 Å². The number of nitrogen functional groups attached to an aromatic ring is 1. The number of benzene rings is 1. The van der Waals surface area contributed by atoms with Gasteiger partial charge in [-0.3, -0.25) is 4.79 Å². The zero-order chi connectivity index (χ0) is 15.9. The van der Waals surface area contributed by atoms with Gasteiger partial charge in [0.2, 0.25) is 0 Å². The summed E-state index contributed by atoms with van der Waals surface area (Å²) in [6.07, 6.45) is 1.80. The van der Waals surface area contributed by atoms with Gasteiger partial charge in [-0.1, -0.05) is 32.0 Å². The number of halogens is 1. The van der Waals surface area contributed by atoms with Crippen molar-refractivity contribution in [2.24, 2.45) is 0 Å². The van der Waals surface area contributed by atoms with Gasteiger partial charge >= 0.3 is 0 Å². The molecule has 1 aromatic carbocycles. The Morgan fingerprint density at radius 1 is 1.35 bits per heavy atom. The maximum Gasteiger partial charge on any atom is 0.280 e. The molecule has 0 bridgehead atoms. The number of fused-ring (bicyclic) bond motifs is 1. The lowest BCUT2D eigenvalue weighted by Crippen LogP contribution is -2.36. The Hall–Kier alpha value is -2.01. The molecule has 1 amide bonds. The molecule has 2 N–H and O–H groups in total. The predicted octanol–water partition coefficient (Wildman–Crippen LogP) is 3.57. The lowest BCUT2D eigenvalue weighted by Gasteiger charge is -2.29. The van der Waals surface area contributed by atoms with Crippen molar-refractivity contribution < 1.29 is 9.32 Å². The Balaban J connectivity index is 0.00000192. The number of carbonyl (C=O) groups excluding carboxylic acids is 1. The normalized spacial score (nSPS) is 14.1. The van der Waals surface area contributed by atoms with Gasteiger partial charge in [0.1, 0.15) is 5.76 Å². The first-order valence-corrected chi connectivity index (χ1v) is 7.54. The van der Waals surface area contributed by atoms with Crippen molar-refractivity contribution in [2.75, 3.05) is 17.2 Å². The Labute approximate surface area is 142 Å². The van der Waals surface area contributed by atoms with Crippen LogP contribution < -0.4 is 10.6 Å². The van der Waals surface area contributed by atoms with Crippen molar-refractivity contribution in [2.45, 2.75) is 39.0 Å². The highest BCUT2D eigenvalue weighted by molar-refractivity contribution is 6.05. The summed E-state index contributed by atoms with van der Waals surface area (Å²) >= 11 is 0. The highest BCUT2D eigenvalue weighted by atomic mass is 35.5. The second-order valence-electron chi connectivity index (χ2n) is 6.73. The summed E-state index contributed by atoms with van der Waals surface area (Å²) in [6.45, 7) is 6.75. The van der Waals surface area contributed by atoms with Gasteiger partial charge in [-0.25, -0.2) is 0 Å². The SMILES string of the molecule is CC(C)(C)c1cc(C(=O)N2CCCc3c(N)cccc32)no1.Cl. The summed E-state index contributed by atoms with van der Waals surface area (Å²) in [7, 11) is 0. The zero-order valence-electron chi connectivity index (χ0n) is 13.6. The zero-order valence-corrected chi connectivity index (χ0v) is 14.4. The van der Waals surface area contributed by atoms with Crippen LogP contribution >= 0.6 is 12.4 Å². The molecule has 2 heterocycles. The minimum absolute atomic E-state index is 0. The third-order valence-electron chi connectivity index (χ3n) is 4.00. The molecule has 124 valence electrons. The Morgan fingerprint density at radius 2 is 2.09 bits per heavy atom. The van der Waals surface area contributed by atoms with Crippen LogP contribution in [0.15, 0.2) is 28.8 Å². The molecule has 0 saturated heterocycles. The van der Waals surface area contributed by atoms with Crippen LogP contribution in [-0.2, 0) is 11.8 Å². The van der Waals surface area contributed by atoms with Crippen LogP contribution in [-0.4, -0.2) is 17.6 Å². The lowest BCUT2D eigenvalue weighted by atomic mass is 9.93.